The summed E-state index contributed by atoms with van der Waals surface area (Å²) in [5.41, 5.74) is 0. The number of halogens is 1. The van der Waals surface area contributed by atoms with Crippen LogP contribution in [0.15, 0.2) is 33.6 Å². The fourth-order valence-corrected chi connectivity index (χ4v) is 3.46. The second-order valence-corrected chi connectivity index (χ2v) is 6.90. The molecule has 1 rings (SSSR count). The van der Waals surface area contributed by atoms with Crippen molar-refractivity contribution in [1.82, 2.24) is 4.72 Å². The zero-order valence-electron chi connectivity index (χ0n) is 10.5. The van der Waals surface area contributed by atoms with E-state index in [2.05, 4.69) is 20.7 Å². The van der Waals surface area contributed by atoms with Crippen molar-refractivity contribution in [2.75, 3.05) is 0 Å². The average molecular weight is 350 g/mol. The van der Waals surface area contributed by atoms with Crippen LogP contribution in [0.25, 0.3) is 0 Å². The molecule has 106 valence electrons. The van der Waals surface area contributed by atoms with Crippen LogP contribution in [0.3, 0.4) is 0 Å². The van der Waals surface area contributed by atoms with Crippen molar-refractivity contribution in [1.29, 1.82) is 0 Å². The Morgan fingerprint density at radius 1 is 1.47 bits per heavy atom. The second kappa shape index (κ2) is 7.02. The quantitative estimate of drug-likeness (QED) is 0.791. The van der Waals surface area contributed by atoms with Gasteiger partial charge in [-0.1, -0.05) is 22.0 Å². The molecule has 0 aliphatic rings. The van der Waals surface area contributed by atoms with Crippen LogP contribution < -0.4 is 4.72 Å². The van der Waals surface area contributed by atoms with Gasteiger partial charge in [-0.25, -0.2) is 13.1 Å². The number of sulfonamides is 1. The minimum atomic E-state index is -3.56. The minimum absolute atomic E-state index is 0.0446. The maximum absolute atomic E-state index is 12.0. The van der Waals surface area contributed by atoms with E-state index in [0.717, 1.165) is 0 Å². The van der Waals surface area contributed by atoms with Crippen LogP contribution in [0.5, 0.6) is 0 Å². The summed E-state index contributed by atoms with van der Waals surface area (Å²) in [6.45, 7) is 1.72. The van der Waals surface area contributed by atoms with Gasteiger partial charge in [-0.15, -0.1) is 0 Å². The van der Waals surface area contributed by atoms with E-state index in [4.69, 9.17) is 5.11 Å². The molecule has 0 heterocycles. The van der Waals surface area contributed by atoms with Gasteiger partial charge in [-0.05, 0) is 38.0 Å². The standard InChI is InChI=1S/C12H16BrNO4S/c1-9(4-2-7-12(15)16)14-19(17,18)11-6-3-5-10(13)8-11/h3,5-6,8-9,14H,2,4,7H2,1H3,(H,15,16). The van der Waals surface area contributed by atoms with Crippen LogP contribution in [-0.2, 0) is 14.8 Å². The lowest BCUT2D eigenvalue weighted by atomic mass is 10.1. The average Bonchev–Trinajstić information content (AvgIpc) is 2.27. The summed E-state index contributed by atoms with van der Waals surface area (Å²) in [7, 11) is -3.56. The molecule has 0 saturated carbocycles. The molecule has 19 heavy (non-hydrogen) atoms. The highest BCUT2D eigenvalue weighted by molar-refractivity contribution is 9.10. The van der Waals surface area contributed by atoms with E-state index in [-0.39, 0.29) is 17.4 Å². The van der Waals surface area contributed by atoms with Gasteiger partial charge in [0.05, 0.1) is 4.90 Å². The molecule has 2 N–H and O–H groups in total. The SMILES string of the molecule is CC(CCCC(=O)O)NS(=O)(=O)c1cccc(Br)c1. The van der Waals surface area contributed by atoms with E-state index < -0.39 is 16.0 Å². The largest absolute Gasteiger partial charge is 0.481 e. The number of rotatable bonds is 7. The predicted molar refractivity (Wildman–Crippen MR) is 75.4 cm³/mol. The molecule has 0 radical (unpaired) electrons. The van der Waals surface area contributed by atoms with Gasteiger partial charge in [0.15, 0.2) is 0 Å². The van der Waals surface area contributed by atoms with Gasteiger partial charge in [0.2, 0.25) is 10.0 Å². The van der Waals surface area contributed by atoms with Crippen LogP contribution in [0.2, 0.25) is 0 Å². The molecule has 0 aliphatic heterocycles. The zero-order valence-corrected chi connectivity index (χ0v) is 12.9. The Bertz CT molecular complexity index is 544. The van der Waals surface area contributed by atoms with Crippen LogP contribution in [0.4, 0.5) is 0 Å². The highest BCUT2D eigenvalue weighted by Gasteiger charge is 2.17. The van der Waals surface area contributed by atoms with Crippen molar-refractivity contribution in [3.05, 3.63) is 28.7 Å². The van der Waals surface area contributed by atoms with Gasteiger partial charge < -0.3 is 5.11 Å². The molecule has 1 aromatic carbocycles. The van der Waals surface area contributed by atoms with Gasteiger partial charge in [-0.3, -0.25) is 4.79 Å². The van der Waals surface area contributed by atoms with E-state index in [1.54, 1.807) is 19.1 Å². The van der Waals surface area contributed by atoms with Crippen LogP contribution in [0, 0.1) is 0 Å². The minimum Gasteiger partial charge on any atom is -0.481 e. The Labute approximate surface area is 121 Å². The smallest absolute Gasteiger partial charge is 0.303 e. The van der Waals surface area contributed by atoms with Crippen molar-refractivity contribution in [2.45, 2.75) is 37.1 Å². The first-order valence-electron chi connectivity index (χ1n) is 5.81. The third kappa shape index (κ3) is 5.71. The van der Waals surface area contributed by atoms with E-state index in [1.807, 2.05) is 0 Å². The fraction of sp³-hybridized carbons (Fsp3) is 0.417. The number of nitrogens with one attached hydrogen (secondary N) is 1. The number of hydrogen-bond donors (Lipinski definition) is 2. The summed E-state index contributed by atoms with van der Waals surface area (Å²) in [6, 6.07) is 6.12. The van der Waals surface area contributed by atoms with Crippen LogP contribution >= 0.6 is 15.9 Å². The maximum Gasteiger partial charge on any atom is 0.303 e. The molecule has 0 bridgehead atoms. The molecule has 1 aromatic rings. The van der Waals surface area contributed by atoms with Crippen LogP contribution in [0.1, 0.15) is 26.2 Å². The molecule has 0 spiro atoms. The molecular formula is C12H16BrNO4S. The number of carbonyl (C=O) groups is 1. The monoisotopic (exact) mass is 349 g/mol. The fourth-order valence-electron chi connectivity index (χ4n) is 1.59. The molecular weight excluding hydrogens is 334 g/mol. The normalized spacial score (nSPS) is 13.2. The topological polar surface area (TPSA) is 83.5 Å². The molecule has 0 aliphatic carbocycles. The van der Waals surface area contributed by atoms with Gasteiger partial charge in [-0.2, -0.15) is 0 Å². The van der Waals surface area contributed by atoms with Crippen molar-refractivity contribution in [3.8, 4) is 0 Å². The summed E-state index contributed by atoms with van der Waals surface area (Å²) >= 11 is 3.22. The summed E-state index contributed by atoms with van der Waals surface area (Å²) in [5.74, 6) is -0.873. The number of benzene rings is 1. The Morgan fingerprint density at radius 2 is 2.16 bits per heavy atom. The molecule has 0 saturated heterocycles. The number of carboxylic acids is 1. The lowest BCUT2D eigenvalue weighted by molar-refractivity contribution is -0.137. The molecule has 0 fully saturated rings. The summed E-state index contributed by atoms with van der Waals surface area (Å²) < 4.78 is 27.3. The second-order valence-electron chi connectivity index (χ2n) is 4.27. The van der Waals surface area contributed by atoms with Gasteiger partial charge >= 0.3 is 5.97 Å². The van der Waals surface area contributed by atoms with Crippen molar-refractivity contribution < 1.29 is 18.3 Å². The Kier molecular flexibility index (Phi) is 5.96. The lowest BCUT2D eigenvalue weighted by Gasteiger charge is -2.13. The summed E-state index contributed by atoms with van der Waals surface area (Å²) in [5, 5.41) is 8.52. The van der Waals surface area contributed by atoms with Gasteiger partial charge in [0.1, 0.15) is 0 Å². The zero-order chi connectivity index (χ0) is 14.5. The molecule has 1 atom stereocenters. The number of aliphatic carboxylic acids is 1. The van der Waals surface area contributed by atoms with E-state index in [9.17, 15) is 13.2 Å². The molecule has 5 nitrogen and oxygen atoms in total. The number of hydrogen-bond acceptors (Lipinski definition) is 3. The van der Waals surface area contributed by atoms with Crippen molar-refractivity contribution in [3.63, 3.8) is 0 Å². The summed E-state index contributed by atoms with van der Waals surface area (Å²) in [4.78, 5) is 10.6. The van der Waals surface area contributed by atoms with E-state index in [1.165, 1.54) is 12.1 Å². The van der Waals surface area contributed by atoms with Crippen molar-refractivity contribution in [2.24, 2.45) is 0 Å². The third-order valence-corrected chi connectivity index (χ3v) is 4.57. The maximum atomic E-state index is 12.0. The predicted octanol–water partition coefficient (Wildman–Crippen LogP) is 2.37. The van der Waals surface area contributed by atoms with Crippen molar-refractivity contribution >= 4 is 31.9 Å². The summed E-state index contributed by atoms with van der Waals surface area (Å²) in [6.07, 6.45) is 0.972. The molecule has 7 heteroatoms. The number of carboxylic acid groups (broad SMARTS) is 1. The first kappa shape index (κ1) is 16.1. The first-order chi connectivity index (χ1) is 8.81. The Balaban J connectivity index is 2.62. The molecule has 1 unspecified atom stereocenters. The van der Waals surface area contributed by atoms with E-state index >= 15 is 0 Å². The first-order valence-corrected chi connectivity index (χ1v) is 8.08. The Morgan fingerprint density at radius 3 is 2.74 bits per heavy atom. The van der Waals surface area contributed by atoms with Crippen LogP contribution in [-0.4, -0.2) is 25.5 Å². The molecule has 0 amide bonds. The highest BCUT2D eigenvalue weighted by atomic mass is 79.9. The van der Waals surface area contributed by atoms with E-state index in [0.29, 0.717) is 17.3 Å². The Hall–Kier alpha value is -0.920. The van der Waals surface area contributed by atoms with Gasteiger partial charge in [0.25, 0.3) is 0 Å². The highest BCUT2D eigenvalue weighted by Crippen LogP contribution is 2.16. The van der Waals surface area contributed by atoms with Gasteiger partial charge in [0, 0.05) is 16.9 Å². The molecule has 0 aromatic heterocycles. The third-order valence-electron chi connectivity index (χ3n) is 2.49. The lowest BCUT2D eigenvalue weighted by Crippen LogP contribution is -2.32.